The summed E-state index contributed by atoms with van der Waals surface area (Å²) < 4.78 is 2.47. The van der Waals surface area contributed by atoms with Gasteiger partial charge in [0.05, 0.1) is 11.0 Å². The molecule has 0 spiro atoms. The largest absolute Gasteiger partial charge is 0.309 e. The summed E-state index contributed by atoms with van der Waals surface area (Å²) >= 11 is 0. The molecule has 0 bridgehead atoms. The molecular weight excluding hydrogens is 603 g/mol. The van der Waals surface area contributed by atoms with Crippen LogP contribution in [0.25, 0.3) is 60.9 Å². The van der Waals surface area contributed by atoms with Crippen molar-refractivity contribution in [3.05, 3.63) is 149 Å². The first-order valence-electron chi connectivity index (χ1n) is 18.4. The van der Waals surface area contributed by atoms with Gasteiger partial charge in [-0.2, -0.15) is 0 Å². The fourth-order valence-corrected chi connectivity index (χ4v) is 10.1. The zero-order valence-corrected chi connectivity index (χ0v) is 30.6. The third-order valence-corrected chi connectivity index (χ3v) is 14.3. The van der Waals surface area contributed by atoms with E-state index < -0.39 is 0 Å². The number of hydrogen-bond acceptors (Lipinski definition) is 0. The van der Waals surface area contributed by atoms with E-state index in [0.717, 1.165) is 6.42 Å². The Hall–Kier alpha value is -4.88. The number of benzene rings is 6. The number of para-hydroxylation sites is 1. The van der Waals surface area contributed by atoms with Crippen LogP contribution in [0.1, 0.15) is 88.8 Å². The van der Waals surface area contributed by atoms with E-state index in [0.29, 0.717) is 0 Å². The Kier molecular flexibility index (Phi) is 5.67. The van der Waals surface area contributed by atoms with Gasteiger partial charge >= 0.3 is 0 Å². The lowest BCUT2D eigenvalue weighted by molar-refractivity contribution is 0.125. The Morgan fingerprint density at radius 3 is 1.86 bits per heavy atom. The van der Waals surface area contributed by atoms with Gasteiger partial charge in [0.2, 0.25) is 0 Å². The zero-order valence-electron chi connectivity index (χ0n) is 30.6. The average Bonchev–Trinajstić information content (AvgIpc) is 3.73. The van der Waals surface area contributed by atoms with Gasteiger partial charge < -0.3 is 4.57 Å². The summed E-state index contributed by atoms with van der Waals surface area (Å²) in [7, 11) is 0. The maximum atomic E-state index is 2.56. The van der Waals surface area contributed by atoms with Crippen LogP contribution < -0.4 is 0 Å². The van der Waals surface area contributed by atoms with E-state index in [2.05, 4.69) is 175 Å². The van der Waals surface area contributed by atoms with Crippen molar-refractivity contribution in [2.24, 2.45) is 5.41 Å². The SMILES string of the molecule is CC1(C)c2ccccc2-c2cc3c4cc(-c5ccc6c(c5)-c5cc7c(cc5C6)C(C)(C)C(C)(C)C7(C)C)ccc4n(-c4ccccc4)c3cc21. The lowest BCUT2D eigenvalue weighted by Crippen LogP contribution is -2.42. The van der Waals surface area contributed by atoms with Crippen molar-refractivity contribution in [2.75, 3.05) is 0 Å². The van der Waals surface area contributed by atoms with E-state index in [4.69, 9.17) is 0 Å². The minimum absolute atomic E-state index is 0.0508. The molecule has 0 amide bonds. The summed E-state index contributed by atoms with van der Waals surface area (Å²) in [5.41, 5.74) is 21.0. The van der Waals surface area contributed by atoms with Crippen LogP contribution in [0.4, 0.5) is 0 Å². The first-order valence-corrected chi connectivity index (χ1v) is 18.4. The predicted molar refractivity (Wildman–Crippen MR) is 212 cm³/mol. The highest BCUT2D eigenvalue weighted by Crippen LogP contribution is 2.63. The number of hydrogen-bond donors (Lipinski definition) is 0. The summed E-state index contributed by atoms with van der Waals surface area (Å²) in [6, 6.07) is 44.3. The smallest absolute Gasteiger partial charge is 0.0544 e. The Bertz CT molecular complexity index is 2600. The van der Waals surface area contributed by atoms with Crippen molar-refractivity contribution in [3.63, 3.8) is 0 Å². The second kappa shape index (κ2) is 9.46. The maximum absolute atomic E-state index is 2.56. The highest BCUT2D eigenvalue weighted by atomic mass is 15.0. The number of fused-ring (bicyclic) bond motifs is 10. The van der Waals surface area contributed by atoms with E-state index in [1.54, 1.807) is 0 Å². The topological polar surface area (TPSA) is 4.93 Å². The third kappa shape index (κ3) is 3.58. The standard InChI is InChI=1S/C49H45N/c1-46(2)40-17-13-12-16-34(40)37-26-39-38-24-30(20-21-44(38)50(45(39)28-41(37)46)33-14-10-9-11-15-33)29-18-19-31-22-32-25-42-43(27-36(32)35(31)23-29)48(5,6)49(7,8)47(42,3)4/h9-21,23-28H,22H2,1-8H3. The molecule has 0 radical (unpaired) electrons. The first-order chi connectivity index (χ1) is 23.8. The molecule has 3 aliphatic carbocycles. The zero-order chi connectivity index (χ0) is 34.5. The second-order valence-electron chi connectivity index (χ2n) is 17.5. The first kappa shape index (κ1) is 30.0. The van der Waals surface area contributed by atoms with E-state index in [-0.39, 0.29) is 21.7 Å². The molecule has 1 nitrogen and oxygen atoms in total. The highest BCUT2D eigenvalue weighted by molar-refractivity contribution is 6.12. The van der Waals surface area contributed by atoms with E-state index >= 15 is 0 Å². The van der Waals surface area contributed by atoms with Gasteiger partial charge in [-0.1, -0.05) is 122 Å². The van der Waals surface area contributed by atoms with Crippen molar-refractivity contribution >= 4 is 21.8 Å². The van der Waals surface area contributed by atoms with Gasteiger partial charge in [0, 0.05) is 21.9 Å². The van der Waals surface area contributed by atoms with Crippen molar-refractivity contribution in [1.29, 1.82) is 0 Å². The fourth-order valence-electron chi connectivity index (χ4n) is 10.1. The Morgan fingerprint density at radius 1 is 0.440 bits per heavy atom. The van der Waals surface area contributed by atoms with Gasteiger partial charge in [-0.3, -0.25) is 0 Å². The van der Waals surface area contributed by atoms with Gasteiger partial charge in [-0.05, 0) is 138 Å². The van der Waals surface area contributed by atoms with Crippen molar-refractivity contribution in [3.8, 4) is 39.1 Å². The molecule has 6 aromatic carbocycles. The molecule has 7 aromatic rings. The van der Waals surface area contributed by atoms with Crippen molar-refractivity contribution in [2.45, 2.75) is 78.1 Å². The van der Waals surface area contributed by atoms with Crippen LogP contribution in [0.5, 0.6) is 0 Å². The molecule has 1 heteroatoms. The summed E-state index contributed by atoms with van der Waals surface area (Å²) in [4.78, 5) is 0. The minimum Gasteiger partial charge on any atom is -0.309 e. The van der Waals surface area contributed by atoms with Gasteiger partial charge in [0.15, 0.2) is 0 Å². The predicted octanol–water partition coefficient (Wildman–Crippen LogP) is 12.9. The van der Waals surface area contributed by atoms with Gasteiger partial charge in [-0.15, -0.1) is 0 Å². The maximum Gasteiger partial charge on any atom is 0.0544 e. The summed E-state index contributed by atoms with van der Waals surface area (Å²) in [5.74, 6) is 0. The number of rotatable bonds is 2. The van der Waals surface area contributed by atoms with Crippen LogP contribution in [0, 0.1) is 5.41 Å². The molecule has 0 fully saturated rings. The lowest BCUT2D eigenvalue weighted by Gasteiger charge is -2.44. The van der Waals surface area contributed by atoms with Gasteiger partial charge in [-0.25, -0.2) is 0 Å². The van der Waals surface area contributed by atoms with Crippen molar-refractivity contribution < 1.29 is 0 Å². The molecule has 0 aliphatic heterocycles. The Labute approximate surface area is 296 Å². The van der Waals surface area contributed by atoms with Crippen molar-refractivity contribution in [1.82, 2.24) is 4.57 Å². The minimum atomic E-state index is -0.0508. The van der Waals surface area contributed by atoms with E-state index in [9.17, 15) is 0 Å². The average molecular weight is 648 g/mol. The summed E-state index contributed by atoms with van der Waals surface area (Å²) in [6.45, 7) is 19.5. The van der Waals surface area contributed by atoms with Crippen LogP contribution in [0.2, 0.25) is 0 Å². The van der Waals surface area contributed by atoms with Crippen LogP contribution in [-0.2, 0) is 22.7 Å². The summed E-state index contributed by atoms with van der Waals surface area (Å²) in [5, 5.41) is 2.61. The summed E-state index contributed by atoms with van der Waals surface area (Å²) in [6.07, 6.45) is 1.02. The normalized spacial score (nSPS) is 18.2. The van der Waals surface area contributed by atoms with Gasteiger partial charge in [0.1, 0.15) is 0 Å². The van der Waals surface area contributed by atoms with Crippen LogP contribution in [-0.4, -0.2) is 4.57 Å². The molecule has 50 heavy (non-hydrogen) atoms. The monoisotopic (exact) mass is 647 g/mol. The Morgan fingerprint density at radius 2 is 1.08 bits per heavy atom. The molecule has 0 N–H and O–H groups in total. The molecular formula is C49H45N. The molecule has 246 valence electrons. The molecule has 10 rings (SSSR count). The molecule has 1 heterocycles. The highest BCUT2D eigenvalue weighted by Gasteiger charge is 2.57. The van der Waals surface area contributed by atoms with E-state index in [1.165, 1.54) is 94.3 Å². The second-order valence-corrected chi connectivity index (χ2v) is 17.5. The van der Waals surface area contributed by atoms with E-state index in [1.807, 2.05) is 0 Å². The third-order valence-electron chi connectivity index (χ3n) is 14.3. The molecule has 0 saturated carbocycles. The van der Waals surface area contributed by atoms with Crippen LogP contribution >= 0.6 is 0 Å². The molecule has 1 aromatic heterocycles. The number of aromatic nitrogens is 1. The molecule has 3 aliphatic rings. The Balaban J connectivity index is 1.17. The molecule has 0 unspecified atom stereocenters. The quantitative estimate of drug-likeness (QED) is 0.176. The molecule has 0 atom stereocenters. The number of nitrogens with zero attached hydrogens (tertiary/aromatic N) is 1. The fraction of sp³-hybridized carbons (Fsp3) is 0.265. The lowest BCUT2D eigenvalue weighted by atomic mass is 9.59. The van der Waals surface area contributed by atoms with Gasteiger partial charge in [0.25, 0.3) is 0 Å². The van der Waals surface area contributed by atoms with Crippen LogP contribution in [0.3, 0.4) is 0 Å². The van der Waals surface area contributed by atoms with Crippen LogP contribution in [0.15, 0.2) is 115 Å². The molecule has 0 saturated heterocycles.